The lowest BCUT2D eigenvalue weighted by Crippen LogP contribution is -2.02. The van der Waals surface area contributed by atoms with Crippen molar-refractivity contribution in [1.29, 1.82) is 0 Å². The van der Waals surface area contributed by atoms with Gasteiger partial charge in [-0.05, 0) is 105 Å². The molecule has 0 aliphatic carbocycles. The van der Waals surface area contributed by atoms with Crippen LogP contribution in [0.2, 0.25) is 0 Å². The predicted octanol–water partition coefficient (Wildman–Crippen LogP) is 9.03. The summed E-state index contributed by atoms with van der Waals surface area (Å²) < 4.78 is 2.30. The summed E-state index contributed by atoms with van der Waals surface area (Å²) in [6, 6.07) is 26.3. The SMILES string of the molecule is Cc1ccc(-c2nc(-c3c(C)cccc3C)cn2-c2c(C)cccc2C)cc1-c1c(C)cccc1C. The number of aryl methyl sites for hydroxylation is 7. The van der Waals surface area contributed by atoms with E-state index in [-0.39, 0.29) is 0 Å². The zero-order chi connectivity index (χ0) is 25.6. The molecule has 0 amide bonds. The van der Waals surface area contributed by atoms with E-state index in [1.807, 2.05) is 0 Å². The van der Waals surface area contributed by atoms with Crippen molar-refractivity contribution in [3.05, 3.63) is 118 Å². The minimum atomic E-state index is 0.970. The van der Waals surface area contributed by atoms with Gasteiger partial charge in [-0.2, -0.15) is 0 Å². The number of para-hydroxylation sites is 1. The zero-order valence-corrected chi connectivity index (χ0v) is 22.4. The van der Waals surface area contributed by atoms with Crippen molar-refractivity contribution in [3.8, 4) is 39.5 Å². The summed E-state index contributed by atoms with van der Waals surface area (Å²) in [4.78, 5) is 5.30. The molecular weight excluding hydrogens is 436 g/mol. The van der Waals surface area contributed by atoms with Crippen molar-refractivity contribution in [3.63, 3.8) is 0 Å². The van der Waals surface area contributed by atoms with Crippen LogP contribution >= 0.6 is 0 Å². The molecule has 2 nitrogen and oxygen atoms in total. The molecule has 0 spiro atoms. The molecule has 0 bridgehead atoms. The lowest BCUT2D eigenvalue weighted by atomic mass is 9.91. The third kappa shape index (κ3) is 4.07. The van der Waals surface area contributed by atoms with Gasteiger partial charge < -0.3 is 0 Å². The fourth-order valence-corrected chi connectivity index (χ4v) is 5.55. The third-order valence-corrected chi connectivity index (χ3v) is 7.37. The fraction of sp³-hybridized carbons (Fsp3) is 0.206. The Morgan fingerprint density at radius 3 is 1.58 bits per heavy atom. The Kier molecular flexibility index (Phi) is 6.14. The van der Waals surface area contributed by atoms with Gasteiger partial charge in [-0.15, -0.1) is 0 Å². The highest BCUT2D eigenvalue weighted by Crippen LogP contribution is 2.37. The van der Waals surface area contributed by atoms with Crippen molar-refractivity contribution in [2.75, 3.05) is 0 Å². The number of hydrogen-bond acceptors (Lipinski definition) is 1. The number of rotatable bonds is 4. The Bertz CT molecular complexity index is 1540. The summed E-state index contributed by atoms with van der Waals surface area (Å²) in [5.41, 5.74) is 16.0. The molecule has 0 atom stereocenters. The van der Waals surface area contributed by atoms with Crippen LogP contribution in [0.1, 0.15) is 38.9 Å². The number of aromatic nitrogens is 2. The highest BCUT2D eigenvalue weighted by Gasteiger charge is 2.19. The average molecular weight is 471 g/mol. The van der Waals surface area contributed by atoms with Gasteiger partial charge in [-0.3, -0.25) is 4.57 Å². The Labute approximate surface area is 215 Å². The van der Waals surface area contributed by atoms with Crippen LogP contribution < -0.4 is 0 Å². The molecule has 0 saturated carbocycles. The molecule has 1 heterocycles. The van der Waals surface area contributed by atoms with E-state index in [2.05, 4.69) is 132 Å². The first-order chi connectivity index (χ1) is 17.3. The average Bonchev–Trinajstić information content (AvgIpc) is 3.24. The largest absolute Gasteiger partial charge is 0.299 e. The molecule has 0 aliphatic heterocycles. The van der Waals surface area contributed by atoms with Crippen LogP contribution in [-0.4, -0.2) is 9.55 Å². The minimum Gasteiger partial charge on any atom is -0.299 e. The molecule has 0 radical (unpaired) electrons. The van der Waals surface area contributed by atoms with E-state index in [9.17, 15) is 0 Å². The summed E-state index contributed by atoms with van der Waals surface area (Å²) in [5.74, 6) is 0.970. The van der Waals surface area contributed by atoms with Gasteiger partial charge in [0.1, 0.15) is 5.82 Å². The minimum absolute atomic E-state index is 0.970. The quantitative estimate of drug-likeness (QED) is 0.256. The van der Waals surface area contributed by atoms with E-state index in [1.165, 1.54) is 61.3 Å². The normalized spacial score (nSPS) is 11.2. The van der Waals surface area contributed by atoms with E-state index in [4.69, 9.17) is 4.98 Å². The van der Waals surface area contributed by atoms with Crippen LogP contribution in [0.25, 0.3) is 39.5 Å². The second-order valence-electron chi connectivity index (χ2n) is 10.1. The number of nitrogens with zero attached hydrogens (tertiary/aromatic N) is 2. The molecule has 0 aliphatic rings. The summed E-state index contributed by atoms with van der Waals surface area (Å²) >= 11 is 0. The topological polar surface area (TPSA) is 17.8 Å². The zero-order valence-electron chi connectivity index (χ0n) is 22.4. The van der Waals surface area contributed by atoms with Crippen LogP contribution in [0.15, 0.2) is 79.0 Å². The van der Waals surface area contributed by atoms with Crippen LogP contribution in [0.3, 0.4) is 0 Å². The molecule has 1 aromatic heterocycles. The predicted molar refractivity (Wildman–Crippen MR) is 153 cm³/mol. The third-order valence-electron chi connectivity index (χ3n) is 7.37. The standard InChI is InChI=1S/C34H34N2/c1-21-17-18-28(19-29(21)31-22(2)11-8-12-23(31)3)34-35-30(32-24(4)13-9-14-25(32)5)20-36(34)33-26(6)15-10-16-27(33)7/h8-20H,1-7H3. The van der Waals surface area contributed by atoms with E-state index < -0.39 is 0 Å². The van der Waals surface area contributed by atoms with Gasteiger partial charge in [0, 0.05) is 17.3 Å². The highest BCUT2D eigenvalue weighted by molar-refractivity contribution is 5.79. The maximum atomic E-state index is 5.30. The maximum absolute atomic E-state index is 5.30. The first-order valence-corrected chi connectivity index (χ1v) is 12.7. The molecule has 36 heavy (non-hydrogen) atoms. The van der Waals surface area contributed by atoms with Crippen molar-refractivity contribution in [1.82, 2.24) is 9.55 Å². The van der Waals surface area contributed by atoms with Gasteiger partial charge in [0.05, 0.1) is 11.4 Å². The van der Waals surface area contributed by atoms with Crippen LogP contribution in [0, 0.1) is 48.5 Å². The summed E-state index contributed by atoms with van der Waals surface area (Å²) in [6.07, 6.45) is 2.22. The van der Waals surface area contributed by atoms with Crippen molar-refractivity contribution in [2.24, 2.45) is 0 Å². The van der Waals surface area contributed by atoms with Crippen molar-refractivity contribution < 1.29 is 0 Å². The van der Waals surface area contributed by atoms with Crippen LogP contribution in [-0.2, 0) is 0 Å². The number of imidazole rings is 1. The molecule has 2 heteroatoms. The van der Waals surface area contributed by atoms with E-state index in [0.29, 0.717) is 0 Å². The second-order valence-corrected chi connectivity index (χ2v) is 10.1. The van der Waals surface area contributed by atoms with Crippen molar-refractivity contribution >= 4 is 0 Å². The molecule has 0 unspecified atom stereocenters. The van der Waals surface area contributed by atoms with E-state index in [1.54, 1.807) is 0 Å². The monoisotopic (exact) mass is 470 g/mol. The second kappa shape index (κ2) is 9.28. The van der Waals surface area contributed by atoms with Gasteiger partial charge in [0.25, 0.3) is 0 Å². The number of hydrogen-bond donors (Lipinski definition) is 0. The van der Waals surface area contributed by atoms with Crippen LogP contribution in [0.5, 0.6) is 0 Å². The molecule has 5 aromatic rings. The van der Waals surface area contributed by atoms with Gasteiger partial charge in [0.2, 0.25) is 0 Å². The molecular formula is C34H34N2. The lowest BCUT2D eigenvalue weighted by Gasteiger charge is -2.16. The Morgan fingerprint density at radius 1 is 0.528 bits per heavy atom. The van der Waals surface area contributed by atoms with E-state index >= 15 is 0 Å². The summed E-state index contributed by atoms with van der Waals surface area (Å²) in [6.45, 7) is 15.3. The van der Waals surface area contributed by atoms with E-state index in [0.717, 1.165) is 17.1 Å². The Hall–Kier alpha value is -3.91. The molecule has 180 valence electrons. The Balaban J connectivity index is 1.80. The van der Waals surface area contributed by atoms with Gasteiger partial charge in [-0.25, -0.2) is 4.98 Å². The smallest absolute Gasteiger partial charge is 0.145 e. The molecule has 0 N–H and O–H groups in total. The molecule has 4 aromatic carbocycles. The molecule has 0 saturated heterocycles. The van der Waals surface area contributed by atoms with Crippen molar-refractivity contribution in [2.45, 2.75) is 48.5 Å². The summed E-state index contributed by atoms with van der Waals surface area (Å²) in [7, 11) is 0. The fourth-order valence-electron chi connectivity index (χ4n) is 5.55. The number of benzene rings is 4. The Morgan fingerprint density at radius 2 is 1.03 bits per heavy atom. The van der Waals surface area contributed by atoms with Gasteiger partial charge in [0.15, 0.2) is 0 Å². The highest BCUT2D eigenvalue weighted by atomic mass is 15.1. The molecule has 5 rings (SSSR count). The lowest BCUT2D eigenvalue weighted by molar-refractivity contribution is 1.03. The molecule has 0 fully saturated rings. The van der Waals surface area contributed by atoms with Crippen LogP contribution in [0.4, 0.5) is 0 Å². The van der Waals surface area contributed by atoms with Gasteiger partial charge >= 0.3 is 0 Å². The summed E-state index contributed by atoms with van der Waals surface area (Å²) in [5, 5.41) is 0. The first-order valence-electron chi connectivity index (χ1n) is 12.7. The van der Waals surface area contributed by atoms with Gasteiger partial charge in [-0.1, -0.05) is 66.7 Å². The first kappa shape index (κ1) is 23.8. The maximum Gasteiger partial charge on any atom is 0.145 e.